The van der Waals surface area contributed by atoms with Crippen LogP contribution in [0, 0.1) is 0 Å². The van der Waals surface area contributed by atoms with E-state index in [0.29, 0.717) is 10.7 Å². The Balaban J connectivity index is 0.00000304. The van der Waals surface area contributed by atoms with Crippen molar-refractivity contribution < 1.29 is 4.84 Å². The van der Waals surface area contributed by atoms with Gasteiger partial charge >= 0.3 is 0 Å². The predicted octanol–water partition coefficient (Wildman–Crippen LogP) is 6.36. The summed E-state index contributed by atoms with van der Waals surface area (Å²) in [6, 6.07) is 30.0. The summed E-state index contributed by atoms with van der Waals surface area (Å²) in [7, 11) is 0. The second-order valence-electron chi connectivity index (χ2n) is 8.41. The summed E-state index contributed by atoms with van der Waals surface area (Å²) in [5, 5.41) is 6.40. The molecule has 0 aliphatic heterocycles. The van der Waals surface area contributed by atoms with Crippen molar-refractivity contribution in [1.29, 1.82) is 0 Å². The van der Waals surface area contributed by atoms with Gasteiger partial charge < -0.3 is 4.84 Å². The highest BCUT2D eigenvalue weighted by Gasteiger charge is 2.32. The molecule has 7 heteroatoms. The van der Waals surface area contributed by atoms with E-state index in [1.54, 1.807) is 12.1 Å². The van der Waals surface area contributed by atoms with Crippen LogP contribution in [0.4, 0.5) is 5.69 Å². The van der Waals surface area contributed by atoms with Gasteiger partial charge in [0.25, 0.3) is 5.43 Å². The summed E-state index contributed by atoms with van der Waals surface area (Å²) in [5.74, 6) is 0.0106. The summed E-state index contributed by atoms with van der Waals surface area (Å²) < 4.78 is 0. The van der Waals surface area contributed by atoms with Crippen molar-refractivity contribution in [2.75, 3.05) is 5.48 Å². The van der Waals surface area contributed by atoms with E-state index in [2.05, 4.69) is 35.1 Å². The van der Waals surface area contributed by atoms with Crippen LogP contribution >= 0.6 is 24.0 Å². The van der Waals surface area contributed by atoms with E-state index >= 15 is 0 Å². The third-order valence-electron chi connectivity index (χ3n) is 6.14. The van der Waals surface area contributed by atoms with Gasteiger partial charge in [-0.25, -0.2) is 5.48 Å². The van der Waals surface area contributed by atoms with Crippen LogP contribution in [-0.4, -0.2) is 0 Å². The van der Waals surface area contributed by atoms with E-state index < -0.39 is 16.9 Å². The Morgan fingerprint density at radius 2 is 1.44 bits per heavy atom. The smallest absolute Gasteiger partial charge is 0.271 e. The van der Waals surface area contributed by atoms with E-state index in [1.807, 2.05) is 67.6 Å². The predicted molar refractivity (Wildman–Crippen MR) is 148 cm³/mol. The fraction of sp³-hybridized carbons (Fsp3) is 0.103. The SMILES string of the molecule is C[C@@H](NC(c1ccc(Cl)cc1)c1c(ONc2ccccc2)c(=O)c1=O)c1cccc2ccccc12.Cl. The first-order chi connectivity index (χ1) is 17.0. The van der Waals surface area contributed by atoms with Crippen molar-refractivity contribution in [3.8, 4) is 5.75 Å². The molecular weight excluding hydrogens is 495 g/mol. The first kappa shape index (κ1) is 25.5. The average Bonchev–Trinajstić information content (AvgIpc) is 2.90. The lowest BCUT2D eigenvalue weighted by molar-refractivity contribution is 0.380. The lowest BCUT2D eigenvalue weighted by atomic mass is 9.92. The number of rotatable bonds is 8. The minimum absolute atomic E-state index is 0. The van der Waals surface area contributed by atoms with Crippen LogP contribution in [0.3, 0.4) is 0 Å². The second kappa shape index (κ2) is 11.0. The highest BCUT2D eigenvalue weighted by atomic mass is 35.5. The Bertz CT molecular complexity index is 1540. The van der Waals surface area contributed by atoms with Gasteiger partial charge in [0.15, 0.2) is 0 Å². The molecule has 0 saturated heterocycles. The van der Waals surface area contributed by atoms with E-state index in [1.165, 1.54) is 0 Å². The zero-order chi connectivity index (χ0) is 24.4. The van der Waals surface area contributed by atoms with Crippen molar-refractivity contribution in [2.45, 2.75) is 19.0 Å². The minimum Gasteiger partial charge on any atom is -0.377 e. The molecule has 0 spiro atoms. The van der Waals surface area contributed by atoms with Crippen molar-refractivity contribution in [3.05, 3.63) is 139 Å². The van der Waals surface area contributed by atoms with Gasteiger partial charge in [-0.05, 0) is 53.1 Å². The normalized spacial score (nSPS) is 12.6. The molecule has 0 aliphatic carbocycles. The number of nitrogens with one attached hydrogen (secondary N) is 2. The number of halogens is 2. The highest BCUT2D eigenvalue weighted by molar-refractivity contribution is 6.30. The van der Waals surface area contributed by atoms with Gasteiger partial charge in [0, 0.05) is 11.1 Å². The fourth-order valence-electron chi connectivity index (χ4n) is 4.34. The monoisotopic (exact) mass is 518 g/mol. The van der Waals surface area contributed by atoms with Crippen LogP contribution in [0.5, 0.6) is 5.75 Å². The molecule has 182 valence electrons. The van der Waals surface area contributed by atoms with Gasteiger partial charge in [-0.15, -0.1) is 12.4 Å². The summed E-state index contributed by atoms with van der Waals surface area (Å²) >= 11 is 6.12. The number of hydrogen-bond acceptors (Lipinski definition) is 5. The number of para-hydroxylation sites is 1. The van der Waals surface area contributed by atoms with Gasteiger partial charge in [-0.2, -0.15) is 0 Å². The molecule has 5 aromatic rings. The second-order valence-corrected chi connectivity index (χ2v) is 8.85. The molecule has 5 aromatic carbocycles. The summed E-state index contributed by atoms with van der Waals surface area (Å²) in [4.78, 5) is 30.9. The van der Waals surface area contributed by atoms with Crippen molar-refractivity contribution in [1.82, 2.24) is 5.32 Å². The molecule has 2 atom stereocenters. The zero-order valence-electron chi connectivity index (χ0n) is 19.4. The van der Waals surface area contributed by atoms with Crippen molar-refractivity contribution in [3.63, 3.8) is 0 Å². The fourth-order valence-corrected chi connectivity index (χ4v) is 4.46. The van der Waals surface area contributed by atoms with Gasteiger partial charge in [0.2, 0.25) is 11.2 Å². The van der Waals surface area contributed by atoms with E-state index in [9.17, 15) is 9.59 Å². The van der Waals surface area contributed by atoms with E-state index in [0.717, 1.165) is 21.9 Å². The summed E-state index contributed by atoms with van der Waals surface area (Å²) in [6.45, 7) is 2.04. The molecule has 36 heavy (non-hydrogen) atoms. The molecule has 0 fully saturated rings. The van der Waals surface area contributed by atoms with Gasteiger partial charge in [0.1, 0.15) is 0 Å². The molecule has 0 bridgehead atoms. The van der Waals surface area contributed by atoms with E-state index in [-0.39, 0.29) is 29.8 Å². The first-order valence-electron chi connectivity index (χ1n) is 11.3. The van der Waals surface area contributed by atoms with E-state index in [4.69, 9.17) is 16.4 Å². The van der Waals surface area contributed by atoms with Crippen LogP contribution in [0.15, 0.2) is 107 Å². The van der Waals surface area contributed by atoms with Crippen LogP contribution in [0.2, 0.25) is 5.02 Å². The number of fused-ring (bicyclic) bond motifs is 1. The molecule has 1 unspecified atom stereocenters. The molecule has 5 nitrogen and oxygen atoms in total. The number of benzene rings is 4. The standard InChI is InChI=1S/C29H23ClN2O3.ClH/c1-18(23-13-7-9-19-8-5-6-12-24(19)23)31-26(20-14-16-21(30)17-15-20)25-27(33)28(34)29(25)35-32-22-10-3-2-4-11-22;/h2-18,26,31-32H,1H3;1H/t18-,26?;/m1./s1. The Labute approximate surface area is 219 Å². The third kappa shape index (κ3) is 5.00. The Hall–Kier alpha value is -3.64. The molecule has 0 aliphatic rings. The average molecular weight is 519 g/mol. The van der Waals surface area contributed by atoms with Gasteiger partial charge in [0.05, 0.1) is 17.3 Å². The number of anilines is 1. The lowest BCUT2D eigenvalue weighted by Gasteiger charge is -2.27. The molecule has 0 heterocycles. The van der Waals surface area contributed by atoms with Crippen molar-refractivity contribution in [2.24, 2.45) is 0 Å². The Kier molecular flexibility index (Phi) is 7.75. The zero-order valence-corrected chi connectivity index (χ0v) is 21.0. The van der Waals surface area contributed by atoms with Crippen LogP contribution in [0.25, 0.3) is 10.8 Å². The minimum atomic E-state index is -0.651. The molecule has 0 saturated carbocycles. The largest absolute Gasteiger partial charge is 0.377 e. The first-order valence-corrected chi connectivity index (χ1v) is 11.7. The van der Waals surface area contributed by atoms with Crippen molar-refractivity contribution >= 4 is 40.5 Å². The quantitative estimate of drug-likeness (QED) is 0.185. The van der Waals surface area contributed by atoms with Crippen LogP contribution < -0.4 is 26.5 Å². The maximum atomic E-state index is 12.8. The lowest BCUT2D eigenvalue weighted by Crippen LogP contribution is -2.43. The topological polar surface area (TPSA) is 67.4 Å². The van der Waals surface area contributed by atoms with Crippen LogP contribution in [0.1, 0.15) is 35.7 Å². The molecule has 5 rings (SSSR count). The molecular formula is C29H24Cl2N2O3. The number of hydrogen-bond donors (Lipinski definition) is 2. The van der Waals surface area contributed by atoms with Gasteiger partial charge in [-0.3, -0.25) is 14.9 Å². The highest BCUT2D eigenvalue weighted by Crippen LogP contribution is 2.32. The maximum absolute atomic E-state index is 12.8. The van der Waals surface area contributed by atoms with Gasteiger partial charge in [-0.1, -0.05) is 84.4 Å². The summed E-state index contributed by atoms with van der Waals surface area (Å²) in [6.07, 6.45) is 0. The summed E-state index contributed by atoms with van der Waals surface area (Å²) in [5.41, 5.74) is 4.41. The Morgan fingerprint density at radius 3 is 2.19 bits per heavy atom. The Morgan fingerprint density at radius 1 is 0.778 bits per heavy atom. The molecule has 0 aromatic heterocycles. The van der Waals surface area contributed by atoms with Crippen LogP contribution in [-0.2, 0) is 0 Å². The molecule has 2 N–H and O–H groups in total. The third-order valence-corrected chi connectivity index (χ3v) is 6.40. The molecule has 0 radical (unpaired) electrons. The molecule has 0 amide bonds. The maximum Gasteiger partial charge on any atom is 0.271 e.